The van der Waals surface area contributed by atoms with Crippen molar-refractivity contribution in [3.63, 3.8) is 0 Å². The van der Waals surface area contributed by atoms with E-state index in [0.717, 1.165) is 17.0 Å². The maximum absolute atomic E-state index is 7.45. The molecule has 12 heavy (non-hydrogen) atoms. The second-order valence-corrected chi connectivity index (χ2v) is 2.76. The Morgan fingerprint density at radius 2 is 1.83 bits per heavy atom. The quantitative estimate of drug-likeness (QED) is 0.622. The fourth-order valence-electron chi connectivity index (χ4n) is 1.04. The molecule has 1 N–H and O–H groups in total. The minimum Gasteiger partial charge on any atom is -0.305 e. The van der Waals surface area contributed by atoms with E-state index in [4.69, 9.17) is 5.41 Å². The molecule has 2 nitrogen and oxygen atoms in total. The van der Waals surface area contributed by atoms with Gasteiger partial charge in [0.15, 0.2) is 0 Å². The standard InChI is InChI=1S/C10H16N2/c1-6-10(8(4)11)9(5)12-7(2)3/h6,11H,2H2,1,3-5H3/b10-6-,11-8?,12-9?. The van der Waals surface area contributed by atoms with Crippen LogP contribution >= 0.6 is 0 Å². The van der Waals surface area contributed by atoms with Gasteiger partial charge in [-0.05, 0) is 27.7 Å². The molecule has 0 amide bonds. The summed E-state index contributed by atoms with van der Waals surface area (Å²) in [5.74, 6) is 0. The third kappa shape index (κ3) is 3.28. The normalized spacial score (nSPS) is 13.0. The molecule has 0 aromatic heterocycles. The zero-order valence-electron chi connectivity index (χ0n) is 8.23. The van der Waals surface area contributed by atoms with E-state index in [1.165, 1.54) is 0 Å². The van der Waals surface area contributed by atoms with Crippen molar-refractivity contribution < 1.29 is 0 Å². The Bertz CT molecular complexity index is 257. The summed E-state index contributed by atoms with van der Waals surface area (Å²) >= 11 is 0. The summed E-state index contributed by atoms with van der Waals surface area (Å²) in [5, 5.41) is 7.45. The molecule has 0 bridgehead atoms. The van der Waals surface area contributed by atoms with Crippen LogP contribution in [0.2, 0.25) is 0 Å². The van der Waals surface area contributed by atoms with E-state index in [2.05, 4.69) is 11.6 Å². The van der Waals surface area contributed by atoms with Crippen molar-refractivity contribution in [2.24, 2.45) is 4.99 Å². The maximum Gasteiger partial charge on any atom is 0.0462 e. The summed E-state index contributed by atoms with van der Waals surface area (Å²) in [5.41, 5.74) is 3.06. The van der Waals surface area contributed by atoms with Gasteiger partial charge in [-0.3, -0.25) is 4.99 Å². The SMILES string of the molecule is C=C(C)N=C(C)/C(=C\C)C(C)=N. The molecule has 0 heterocycles. The maximum atomic E-state index is 7.45. The van der Waals surface area contributed by atoms with Crippen molar-refractivity contribution in [2.75, 3.05) is 0 Å². The van der Waals surface area contributed by atoms with Crippen LogP contribution in [0.5, 0.6) is 0 Å². The molecule has 2 heteroatoms. The average molecular weight is 164 g/mol. The van der Waals surface area contributed by atoms with E-state index in [-0.39, 0.29) is 0 Å². The monoisotopic (exact) mass is 164 g/mol. The number of aliphatic imine (C=N–C) groups is 1. The number of rotatable bonds is 3. The van der Waals surface area contributed by atoms with Crippen LogP contribution < -0.4 is 0 Å². The third-order valence-corrected chi connectivity index (χ3v) is 1.44. The number of allylic oxidation sites excluding steroid dienone is 3. The lowest BCUT2D eigenvalue weighted by Gasteiger charge is -2.03. The summed E-state index contributed by atoms with van der Waals surface area (Å²) in [6.07, 6.45) is 1.89. The summed E-state index contributed by atoms with van der Waals surface area (Å²) in [6.45, 7) is 11.1. The summed E-state index contributed by atoms with van der Waals surface area (Å²) in [7, 11) is 0. The van der Waals surface area contributed by atoms with Crippen LogP contribution in [-0.4, -0.2) is 11.4 Å². The van der Waals surface area contributed by atoms with E-state index in [1.807, 2.05) is 26.8 Å². The van der Waals surface area contributed by atoms with E-state index in [0.29, 0.717) is 5.71 Å². The highest BCUT2D eigenvalue weighted by Gasteiger charge is 2.01. The Morgan fingerprint density at radius 1 is 1.33 bits per heavy atom. The first-order chi connectivity index (χ1) is 5.49. The third-order valence-electron chi connectivity index (χ3n) is 1.44. The molecule has 0 aliphatic heterocycles. The first-order valence-corrected chi connectivity index (χ1v) is 3.92. The lowest BCUT2D eigenvalue weighted by molar-refractivity contribution is 1.31. The van der Waals surface area contributed by atoms with Gasteiger partial charge in [0, 0.05) is 22.7 Å². The zero-order valence-corrected chi connectivity index (χ0v) is 8.23. The Morgan fingerprint density at radius 3 is 2.08 bits per heavy atom. The van der Waals surface area contributed by atoms with Crippen LogP contribution in [0.25, 0.3) is 0 Å². The van der Waals surface area contributed by atoms with Gasteiger partial charge in [-0.15, -0.1) is 0 Å². The Kier molecular flexibility index (Phi) is 4.19. The van der Waals surface area contributed by atoms with Crippen molar-refractivity contribution in [1.29, 1.82) is 5.41 Å². The van der Waals surface area contributed by atoms with Gasteiger partial charge in [-0.25, -0.2) is 0 Å². The van der Waals surface area contributed by atoms with Crippen molar-refractivity contribution in [2.45, 2.75) is 27.7 Å². The second-order valence-electron chi connectivity index (χ2n) is 2.76. The summed E-state index contributed by atoms with van der Waals surface area (Å²) in [4.78, 5) is 4.18. The van der Waals surface area contributed by atoms with Gasteiger partial charge in [0.1, 0.15) is 0 Å². The minimum absolute atomic E-state index is 0.542. The first kappa shape index (κ1) is 10.8. The van der Waals surface area contributed by atoms with E-state index >= 15 is 0 Å². The number of nitrogens with one attached hydrogen (secondary N) is 1. The van der Waals surface area contributed by atoms with Crippen LogP contribution in [-0.2, 0) is 0 Å². The van der Waals surface area contributed by atoms with Gasteiger partial charge in [-0.2, -0.15) is 0 Å². The highest BCUT2D eigenvalue weighted by atomic mass is 14.7. The predicted molar refractivity (Wildman–Crippen MR) is 55.1 cm³/mol. The molecule has 0 rings (SSSR count). The molecule has 0 aromatic carbocycles. The van der Waals surface area contributed by atoms with Gasteiger partial charge >= 0.3 is 0 Å². The smallest absolute Gasteiger partial charge is 0.0462 e. The molecule has 0 aliphatic rings. The van der Waals surface area contributed by atoms with Crippen molar-refractivity contribution in [1.82, 2.24) is 0 Å². The fourth-order valence-corrected chi connectivity index (χ4v) is 1.04. The van der Waals surface area contributed by atoms with Crippen LogP contribution in [0.1, 0.15) is 27.7 Å². The van der Waals surface area contributed by atoms with E-state index < -0.39 is 0 Å². The fraction of sp³-hybridized carbons (Fsp3) is 0.400. The van der Waals surface area contributed by atoms with E-state index in [9.17, 15) is 0 Å². The predicted octanol–water partition coefficient (Wildman–Crippen LogP) is 2.97. The first-order valence-electron chi connectivity index (χ1n) is 3.92. The second kappa shape index (κ2) is 4.65. The lowest BCUT2D eigenvalue weighted by atomic mass is 10.1. The van der Waals surface area contributed by atoms with Crippen LogP contribution in [0.3, 0.4) is 0 Å². The van der Waals surface area contributed by atoms with Crippen molar-refractivity contribution >= 4 is 11.4 Å². The largest absolute Gasteiger partial charge is 0.305 e. The Labute approximate surface area is 74.2 Å². The molecule has 0 saturated heterocycles. The number of hydrogen-bond acceptors (Lipinski definition) is 2. The highest BCUT2D eigenvalue weighted by Crippen LogP contribution is 2.03. The zero-order chi connectivity index (χ0) is 9.72. The van der Waals surface area contributed by atoms with E-state index in [1.54, 1.807) is 6.92 Å². The van der Waals surface area contributed by atoms with Crippen molar-refractivity contribution in [3.05, 3.63) is 23.9 Å². The highest BCUT2D eigenvalue weighted by molar-refractivity contribution is 6.21. The average Bonchev–Trinajstić information content (AvgIpc) is 1.85. The lowest BCUT2D eigenvalue weighted by Crippen LogP contribution is -2.05. The van der Waals surface area contributed by atoms with Crippen molar-refractivity contribution in [3.8, 4) is 0 Å². The van der Waals surface area contributed by atoms with Crippen LogP contribution in [0, 0.1) is 5.41 Å². The molecule has 0 aromatic rings. The Hall–Kier alpha value is -1.18. The van der Waals surface area contributed by atoms with Gasteiger partial charge in [-0.1, -0.05) is 12.7 Å². The molecular weight excluding hydrogens is 148 g/mol. The van der Waals surface area contributed by atoms with Gasteiger partial charge < -0.3 is 5.41 Å². The molecular formula is C10H16N2. The number of hydrogen-bond donors (Lipinski definition) is 1. The minimum atomic E-state index is 0.542. The molecule has 66 valence electrons. The van der Waals surface area contributed by atoms with Gasteiger partial charge in [0.2, 0.25) is 0 Å². The topological polar surface area (TPSA) is 36.2 Å². The Balaban J connectivity index is 4.78. The van der Waals surface area contributed by atoms with Crippen LogP contribution in [0.15, 0.2) is 28.9 Å². The van der Waals surface area contributed by atoms with Gasteiger partial charge in [0.25, 0.3) is 0 Å². The molecule has 0 saturated carbocycles. The molecule has 0 atom stereocenters. The molecule has 0 fully saturated rings. The molecule has 0 aliphatic carbocycles. The summed E-state index contributed by atoms with van der Waals surface area (Å²) in [6, 6.07) is 0. The molecule has 0 spiro atoms. The summed E-state index contributed by atoms with van der Waals surface area (Å²) < 4.78 is 0. The van der Waals surface area contributed by atoms with Crippen LogP contribution in [0.4, 0.5) is 0 Å². The molecule has 0 radical (unpaired) electrons. The van der Waals surface area contributed by atoms with Gasteiger partial charge in [0.05, 0.1) is 0 Å². The molecule has 0 unspecified atom stereocenters. The number of nitrogens with zero attached hydrogens (tertiary/aromatic N) is 1.